The zero-order chi connectivity index (χ0) is 16.9. The van der Waals surface area contributed by atoms with Gasteiger partial charge in [0.05, 0.1) is 12.1 Å². The maximum atomic E-state index is 13.0. The average molecular weight is 473 g/mol. The van der Waals surface area contributed by atoms with E-state index in [1.807, 2.05) is 17.5 Å². The van der Waals surface area contributed by atoms with Crippen molar-refractivity contribution in [1.29, 1.82) is 0 Å². The highest BCUT2D eigenvalue weighted by Gasteiger charge is 2.33. The Morgan fingerprint density at radius 1 is 1.25 bits per heavy atom. The van der Waals surface area contributed by atoms with Gasteiger partial charge in [-0.25, -0.2) is 9.38 Å². The summed E-state index contributed by atoms with van der Waals surface area (Å²) >= 11 is 1.61. The van der Waals surface area contributed by atoms with Crippen LogP contribution in [0.4, 0.5) is 17.6 Å². The number of rotatable bonds is 5. The minimum atomic E-state index is -4.63. The molecule has 1 aromatic carbocycles. The fourth-order valence-electron chi connectivity index (χ4n) is 1.95. The second-order valence-electron chi connectivity index (χ2n) is 4.76. The summed E-state index contributed by atoms with van der Waals surface area (Å²) in [6.45, 7) is 0.262. The van der Waals surface area contributed by atoms with Crippen LogP contribution in [0.25, 0.3) is 0 Å². The third-order valence-electron chi connectivity index (χ3n) is 3.05. The van der Waals surface area contributed by atoms with Crippen LogP contribution in [-0.2, 0) is 19.1 Å². The van der Waals surface area contributed by atoms with Gasteiger partial charge in [-0.05, 0) is 35.6 Å². The smallest absolute Gasteiger partial charge is 0.370 e. The fourth-order valence-corrected chi connectivity index (χ4v) is 2.65. The highest BCUT2D eigenvalue weighted by Crippen LogP contribution is 2.32. The van der Waals surface area contributed by atoms with E-state index in [2.05, 4.69) is 10.3 Å². The predicted molar refractivity (Wildman–Crippen MR) is 98.2 cm³/mol. The zero-order valence-corrected chi connectivity index (χ0v) is 15.6. The first-order valence-electron chi connectivity index (χ1n) is 6.78. The quantitative estimate of drug-likeness (QED) is 0.297. The first-order chi connectivity index (χ1) is 10.9. The molecule has 0 fully saturated rings. The molecule has 2 rings (SSSR count). The van der Waals surface area contributed by atoms with Crippen molar-refractivity contribution < 1.29 is 17.6 Å². The number of nitrogens with one attached hydrogen (secondary N) is 1. The predicted octanol–water partition coefficient (Wildman–Crippen LogP) is 4.17. The standard InChI is InChI=1S/C15H15F4N3S.HI/c16-11-4-3-10(13(8-11)15(17,18)19)9-22-14(20)21-6-5-12-2-1-7-23-12;/h1-4,7-8H,5-6,9H2,(H3,20,21,22);1H. The number of benzene rings is 1. The van der Waals surface area contributed by atoms with Crippen molar-refractivity contribution in [1.82, 2.24) is 5.32 Å². The molecular weight excluding hydrogens is 457 g/mol. The van der Waals surface area contributed by atoms with E-state index in [1.165, 1.54) is 4.88 Å². The lowest BCUT2D eigenvalue weighted by Gasteiger charge is -2.12. The lowest BCUT2D eigenvalue weighted by Crippen LogP contribution is -2.33. The van der Waals surface area contributed by atoms with E-state index in [0.29, 0.717) is 12.6 Å². The number of thiophene rings is 1. The topological polar surface area (TPSA) is 50.4 Å². The number of halogens is 5. The third-order valence-corrected chi connectivity index (χ3v) is 3.99. The summed E-state index contributed by atoms with van der Waals surface area (Å²) in [7, 11) is 0. The third kappa shape index (κ3) is 6.27. The summed E-state index contributed by atoms with van der Waals surface area (Å²) in [5, 5.41) is 4.80. The Morgan fingerprint density at radius 2 is 2.00 bits per heavy atom. The molecule has 0 radical (unpaired) electrons. The van der Waals surface area contributed by atoms with Crippen LogP contribution in [0.2, 0.25) is 0 Å². The molecule has 3 N–H and O–H groups in total. The first kappa shape index (κ1) is 20.7. The Balaban J connectivity index is 0.00000288. The number of hydrogen-bond acceptors (Lipinski definition) is 2. The average Bonchev–Trinajstić information content (AvgIpc) is 2.98. The monoisotopic (exact) mass is 473 g/mol. The number of alkyl halides is 3. The van der Waals surface area contributed by atoms with E-state index >= 15 is 0 Å². The second kappa shape index (κ2) is 9.21. The molecule has 3 nitrogen and oxygen atoms in total. The lowest BCUT2D eigenvalue weighted by atomic mass is 10.1. The van der Waals surface area contributed by atoms with Crippen molar-refractivity contribution in [2.75, 3.05) is 6.54 Å². The lowest BCUT2D eigenvalue weighted by molar-refractivity contribution is -0.138. The molecule has 0 saturated heterocycles. The number of hydrogen-bond donors (Lipinski definition) is 2. The summed E-state index contributed by atoms with van der Waals surface area (Å²) in [5.74, 6) is -0.883. The summed E-state index contributed by atoms with van der Waals surface area (Å²) < 4.78 is 51.6. The molecular formula is C15H16F4IN3S. The van der Waals surface area contributed by atoms with Crippen LogP contribution >= 0.6 is 35.3 Å². The molecule has 0 aliphatic carbocycles. The zero-order valence-electron chi connectivity index (χ0n) is 12.4. The molecule has 0 spiro atoms. The Hall–Kier alpha value is -1.36. The van der Waals surface area contributed by atoms with E-state index in [-0.39, 0.29) is 42.0 Å². The number of nitrogens with zero attached hydrogens (tertiary/aromatic N) is 1. The van der Waals surface area contributed by atoms with Crippen LogP contribution in [-0.4, -0.2) is 12.5 Å². The maximum Gasteiger partial charge on any atom is 0.416 e. The molecule has 0 saturated carbocycles. The molecule has 0 atom stereocenters. The first-order valence-corrected chi connectivity index (χ1v) is 7.66. The Labute approximate surface area is 158 Å². The molecule has 0 aliphatic rings. The summed E-state index contributed by atoms with van der Waals surface area (Å²) in [6.07, 6.45) is -3.88. The number of guanidine groups is 1. The molecule has 2 aromatic rings. The van der Waals surface area contributed by atoms with Crippen LogP contribution in [0.5, 0.6) is 0 Å². The Bertz CT molecular complexity index is 672. The highest BCUT2D eigenvalue weighted by molar-refractivity contribution is 14.0. The van der Waals surface area contributed by atoms with E-state index in [4.69, 9.17) is 5.73 Å². The minimum absolute atomic E-state index is 0. The van der Waals surface area contributed by atoms with Gasteiger partial charge in [-0.3, -0.25) is 0 Å². The molecule has 9 heteroatoms. The van der Waals surface area contributed by atoms with Crippen LogP contribution in [0.15, 0.2) is 40.7 Å². The van der Waals surface area contributed by atoms with Gasteiger partial charge in [0.15, 0.2) is 5.96 Å². The van der Waals surface area contributed by atoms with Crippen molar-refractivity contribution in [3.8, 4) is 0 Å². The van der Waals surface area contributed by atoms with Gasteiger partial charge in [-0.15, -0.1) is 35.3 Å². The Kier molecular flexibility index (Phi) is 7.94. The number of aliphatic imine (C=N–C) groups is 1. The summed E-state index contributed by atoms with van der Waals surface area (Å²) in [5.41, 5.74) is 4.48. The highest BCUT2D eigenvalue weighted by atomic mass is 127. The normalized spacial score (nSPS) is 11.9. The molecule has 0 amide bonds. The van der Waals surface area contributed by atoms with Gasteiger partial charge in [0.25, 0.3) is 0 Å². The van der Waals surface area contributed by atoms with Crippen LogP contribution in [0.1, 0.15) is 16.0 Å². The molecule has 0 aliphatic heterocycles. The van der Waals surface area contributed by atoms with Gasteiger partial charge < -0.3 is 11.1 Å². The van der Waals surface area contributed by atoms with Gasteiger partial charge in [0, 0.05) is 11.4 Å². The van der Waals surface area contributed by atoms with Crippen molar-refractivity contribution in [2.45, 2.75) is 19.1 Å². The SMILES string of the molecule is I.NC(=NCc1ccc(F)cc1C(F)(F)F)NCCc1cccs1. The van der Waals surface area contributed by atoms with Gasteiger partial charge in [-0.2, -0.15) is 13.2 Å². The van der Waals surface area contributed by atoms with Crippen LogP contribution in [0, 0.1) is 5.82 Å². The van der Waals surface area contributed by atoms with E-state index in [9.17, 15) is 17.6 Å². The van der Waals surface area contributed by atoms with Crippen molar-refractivity contribution in [2.24, 2.45) is 10.7 Å². The molecule has 1 heterocycles. The van der Waals surface area contributed by atoms with Gasteiger partial charge >= 0.3 is 6.18 Å². The Morgan fingerprint density at radius 3 is 2.62 bits per heavy atom. The molecule has 0 bridgehead atoms. The van der Waals surface area contributed by atoms with Crippen LogP contribution in [0.3, 0.4) is 0 Å². The molecule has 1 aromatic heterocycles. The van der Waals surface area contributed by atoms with E-state index < -0.39 is 17.6 Å². The van der Waals surface area contributed by atoms with E-state index in [1.54, 1.807) is 11.3 Å². The van der Waals surface area contributed by atoms with Gasteiger partial charge in [0.2, 0.25) is 0 Å². The number of nitrogens with two attached hydrogens (primary N) is 1. The van der Waals surface area contributed by atoms with Crippen molar-refractivity contribution in [3.63, 3.8) is 0 Å². The second-order valence-corrected chi connectivity index (χ2v) is 5.79. The van der Waals surface area contributed by atoms with Gasteiger partial charge in [-0.1, -0.05) is 12.1 Å². The van der Waals surface area contributed by atoms with Gasteiger partial charge in [0.1, 0.15) is 5.82 Å². The minimum Gasteiger partial charge on any atom is -0.370 e. The van der Waals surface area contributed by atoms with E-state index in [0.717, 1.165) is 18.6 Å². The summed E-state index contributed by atoms with van der Waals surface area (Å²) in [6, 6.07) is 6.42. The molecule has 0 unspecified atom stereocenters. The fraction of sp³-hybridized carbons (Fsp3) is 0.267. The molecule has 132 valence electrons. The van der Waals surface area contributed by atoms with Crippen LogP contribution < -0.4 is 11.1 Å². The van der Waals surface area contributed by atoms with Crippen molar-refractivity contribution >= 4 is 41.3 Å². The largest absolute Gasteiger partial charge is 0.416 e. The molecule has 24 heavy (non-hydrogen) atoms. The maximum absolute atomic E-state index is 13.0. The summed E-state index contributed by atoms with van der Waals surface area (Å²) in [4.78, 5) is 5.05. The van der Waals surface area contributed by atoms with Crippen molar-refractivity contribution in [3.05, 3.63) is 57.5 Å².